The van der Waals surface area contributed by atoms with Crippen molar-refractivity contribution in [3.63, 3.8) is 0 Å². The Labute approximate surface area is 181 Å². The highest BCUT2D eigenvalue weighted by atomic mass is 16.1. The van der Waals surface area contributed by atoms with Gasteiger partial charge in [-0.2, -0.15) is 14.9 Å². The summed E-state index contributed by atoms with van der Waals surface area (Å²) in [5.41, 5.74) is 4.72. The van der Waals surface area contributed by atoms with E-state index in [9.17, 15) is 10.1 Å². The summed E-state index contributed by atoms with van der Waals surface area (Å²) in [6, 6.07) is 13.9. The molecule has 5 saturated carbocycles. The Hall–Kier alpha value is -2.87. The molecular formula is C26H26N4O. The third-order valence-electron chi connectivity index (χ3n) is 8.43. The Morgan fingerprint density at radius 3 is 2.19 bits per heavy atom. The second-order valence-corrected chi connectivity index (χ2v) is 10.6. The lowest BCUT2D eigenvalue weighted by Crippen LogP contribution is -2.52. The molecular weight excluding hydrogens is 384 g/mol. The van der Waals surface area contributed by atoms with Crippen LogP contribution in [-0.4, -0.2) is 14.2 Å². The molecule has 4 bridgehead atoms. The summed E-state index contributed by atoms with van der Waals surface area (Å²) in [4.78, 5) is 13.2. The maximum absolute atomic E-state index is 13.2. The van der Waals surface area contributed by atoms with Crippen LogP contribution in [0.25, 0.3) is 16.9 Å². The van der Waals surface area contributed by atoms with Crippen LogP contribution in [0, 0.1) is 29.1 Å². The molecule has 31 heavy (non-hydrogen) atoms. The van der Waals surface area contributed by atoms with Crippen LogP contribution in [0.3, 0.4) is 0 Å². The third-order valence-corrected chi connectivity index (χ3v) is 8.43. The van der Waals surface area contributed by atoms with Crippen LogP contribution >= 0.6 is 0 Å². The van der Waals surface area contributed by atoms with Gasteiger partial charge in [-0.15, -0.1) is 0 Å². The predicted octanol–water partition coefficient (Wildman–Crippen LogP) is 4.84. The van der Waals surface area contributed by atoms with Gasteiger partial charge in [0.1, 0.15) is 5.65 Å². The first kappa shape index (κ1) is 17.8. The molecule has 0 unspecified atom stereocenters. The number of hydrogen-bond donors (Lipinski definition) is 0. The van der Waals surface area contributed by atoms with Crippen molar-refractivity contribution in [3.05, 3.63) is 58.0 Å². The number of rotatable bonds is 3. The largest absolute Gasteiger partial charge is 0.319 e. The summed E-state index contributed by atoms with van der Waals surface area (Å²) in [6.45, 7) is 0. The number of nitrogens with zero attached hydrogens (tertiary/aromatic N) is 4. The van der Waals surface area contributed by atoms with E-state index in [0.29, 0.717) is 11.5 Å². The molecule has 0 aliphatic heterocycles. The van der Waals surface area contributed by atoms with E-state index in [1.165, 1.54) is 51.4 Å². The van der Waals surface area contributed by atoms with Gasteiger partial charge in [-0.05, 0) is 86.8 Å². The van der Waals surface area contributed by atoms with Crippen molar-refractivity contribution in [2.24, 2.45) is 17.8 Å². The average Bonchev–Trinajstić information content (AvgIpc) is 3.51. The lowest BCUT2D eigenvalue weighted by atomic mass is 9.52. The minimum Gasteiger partial charge on any atom is -0.319 e. The predicted molar refractivity (Wildman–Crippen MR) is 118 cm³/mol. The minimum absolute atomic E-state index is 0.0535. The fourth-order valence-corrected chi connectivity index (χ4v) is 7.42. The molecule has 2 aromatic heterocycles. The number of aromatic nitrogens is 3. The summed E-state index contributed by atoms with van der Waals surface area (Å²) in [5, 5.41) is 14.0. The van der Waals surface area contributed by atoms with E-state index in [1.54, 1.807) is 10.6 Å². The second kappa shape index (κ2) is 6.09. The van der Waals surface area contributed by atoms with Crippen LogP contribution in [0.2, 0.25) is 0 Å². The zero-order valence-corrected chi connectivity index (χ0v) is 17.6. The van der Waals surface area contributed by atoms with Gasteiger partial charge in [0, 0.05) is 23.6 Å². The van der Waals surface area contributed by atoms with E-state index in [2.05, 4.69) is 16.7 Å². The van der Waals surface area contributed by atoms with Crippen LogP contribution < -0.4 is 5.56 Å². The monoisotopic (exact) mass is 410 g/mol. The highest BCUT2D eigenvalue weighted by Crippen LogP contribution is 2.59. The summed E-state index contributed by atoms with van der Waals surface area (Å²) in [6.07, 6.45) is 10.1. The fraction of sp³-hybridized carbons (Fsp3) is 0.500. The summed E-state index contributed by atoms with van der Waals surface area (Å²) >= 11 is 0. The smallest absolute Gasteiger partial charge is 0.274 e. The normalized spacial score (nSPS) is 31.3. The van der Waals surface area contributed by atoms with Crippen LogP contribution in [0.5, 0.6) is 0 Å². The molecule has 3 aromatic rings. The van der Waals surface area contributed by atoms with Crippen molar-refractivity contribution in [2.75, 3.05) is 0 Å². The number of nitriles is 1. The van der Waals surface area contributed by atoms with E-state index in [1.807, 2.05) is 24.3 Å². The van der Waals surface area contributed by atoms with Crippen molar-refractivity contribution in [1.29, 1.82) is 5.26 Å². The second-order valence-electron chi connectivity index (χ2n) is 10.6. The molecule has 0 radical (unpaired) electrons. The lowest BCUT2D eigenvalue weighted by molar-refractivity contribution is -0.0407. The summed E-state index contributed by atoms with van der Waals surface area (Å²) < 4.78 is 4.18. The molecule has 156 valence electrons. The van der Waals surface area contributed by atoms with E-state index in [4.69, 9.17) is 5.10 Å². The number of fused-ring (bicyclic) bond motifs is 1. The maximum atomic E-state index is 13.2. The molecule has 1 aromatic carbocycles. The molecule has 5 nitrogen and oxygen atoms in total. The van der Waals surface area contributed by atoms with Gasteiger partial charge in [0.2, 0.25) is 0 Å². The zero-order chi connectivity index (χ0) is 20.7. The van der Waals surface area contributed by atoms with Crippen molar-refractivity contribution >= 4 is 5.65 Å². The molecule has 0 atom stereocenters. The van der Waals surface area contributed by atoms with Gasteiger partial charge in [0.15, 0.2) is 0 Å². The third kappa shape index (κ3) is 2.60. The van der Waals surface area contributed by atoms with Crippen molar-refractivity contribution in [3.8, 4) is 17.3 Å². The first-order valence-corrected chi connectivity index (χ1v) is 11.8. The highest BCUT2D eigenvalue weighted by molar-refractivity contribution is 5.65. The molecule has 0 N–H and O–H groups in total. The van der Waals surface area contributed by atoms with Crippen LogP contribution in [0.4, 0.5) is 0 Å². The first-order chi connectivity index (χ1) is 15.1. The molecule has 0 spiro atoms. The molecule has 5 heteroatoms. The molecule has 5 fully saturated rings. The Morgan fingerprint density at radius 1 is 0.968 bits per heavy atom. The van der Waals surface area contributed by atoms with Gasteiger partial charge >= 0.3 is 0 Å². The quantitative estimate of drug-likeness (QED) is 0.621. The van der Waals surface area contributed by atoms with Crippen LogP contribution in [0.1, 0.15) is 68.5 Å². The van der Waals surface area contributed by atoms with E-state index < -0.39 is 0 Å². The van der Waals surface area contributed by atoms with E-state index in [0.717, 1.165) is 40.4 Å². The summed E-state index contributed by atoms with van der Waals surface area (Å²) in [7, 11) is 0. The average molecular weight is 411 g/mol. The maximum Gasteiger partial charge on any atom is 0.274 e. The fourth-order valence-electron chi connectivity index (χ4n) is 7.42. The molecule has 5 aliphatic rings. The van der Waals surface area contributed by atoms with Gasteiger partial charge in [-0.3, -0.25) is 4.79 Å². The zero-order valence-electron chi connectivity index (χ0n) is 17.6. The van der Waals surface area contributed by atoms with Gasteiger partial charge in [0.25, 0.3) is 5.56 Å². The van der Waals surface area contributed by atoms with Gasteiger partial charge in [-0.25, -0.2) is 0 Å². The standard InChI is InChI=1S/C26H26N4O/c27-15-16-1-3-21(4-2-16)23-11-25(31)30-24(10-22(28-30)20-5-6-20)29(23)26-12-17-7-18(13-26)9-19(8-17)14-26/h1-4,10-11,17-20H,5-9,12-14H2. The topological polar surface area (TPSA) is 63.1 Å². The van der Waals surface area contributed by atoms with E-state index in [-0.39, 0.29) is 11.1 Å². The van der Waals surface area contributed by atoms with Crippen molar-refractivity contribution < 1.29 is 0 Å². The van der Waals surface area contributed by atoms with Crippen LogP contribution in [0.15, 0.2) is 41.2 Å². The number of hydrogen-bond acceptors (Lipinski definition) is 3. The van der Waals surface area contributed by atoms with Gasteiger partial charge < -0.3 is 4.57 Å². The first-order valence-electron chi connectivity index (χ1n) is 11.8. The Kier molecular flexibility index (Phi) is 3.49. The van der Waals surface area contributed by atoms with Crippen LogP contribution in [-0.2, 0) is 5.54 Å². The van der Waals surface area contributed by atoms with Crippen molar-refractivity contribution in [2.45, 2.75) is 62.8 Å². The minimum atomic E-state index is -0.0535. The Bertz CT molecular complexity index is 1270. The van der Waals surface area contributed by atoms with E-state index >= 15 is 0 Å². The van der Waals surface area contributed by atoms with Gasteiger partial charge in [0.05, 0.1) is 23.0 Å². The summed E-state index contributed by atoms with van der Waals surface area (Å²) in [5.74, 6) is 2.95. The molecule has 5 aliphatic carbocycles. The highest BCUT2D eigenvalue weighted by Gasteiger charge is 2.52. The SMILES string of the molecule is N#Cc1ccc(-c2cc(=O)n3nc(C4CC4)cc3n2C23CC4CC(CC(C4)C2)C3)cc1. The lowest BCUT2D eigenvalue weighted by Gasteiger charge is -2.58. The van der Waals surface area contributed by atoms with Gasteiger partial charge in [-0.1, -0.05) is 12.1 Å². The molecule has 8 rings (SSSR count). The molecule has 0 amide bonds. The Balaban J connectivity index is 1.51. The molecule has 0 saturated heterocycles. The Morgan fingerprint density at radius 2 is 1.61 bits per heavy atom. The van der Waals surface area contributed by atoms with Crippen molar-refractivity contribution in [1.82, 2.24) is 14.2 Å². The number of benzene rings is 1. The molecule has 2 heterocycles.